The Morgan fingerprint density at radius 3 is 2.70 bits per heavy atom. The third-order valence-corrected chi connectivity index (χ3v) is 9.02. The fraction of sp³-hybridized carbons (Fsp3) is 0.194. The zero-order chi connectivity index (χ0) is 30.1. The lowest BCUT2D eigenvalue weighted by molar-refractivity contribution is -0.132. The molecule has 0 radical (unpaired) electrons. The molecule has 9 nitrogen and oxygen atoms in total. The van der Waals surface area contributed by atoms with Crippen LogP contribution in [0.5, 0.6) is 5.75 Å². The van der Waals surface area contributed by atoms with E-state index in [1.807, 2.05) is 13.0 Å². The number of rotatable bonds is 9. The van der Waals surface area contributed by atoms with Gasteiger partial charge in [-0.2, -0.15) is 0 Å². The van der Waals surface area contributed by atoms with Crippen molar-refractivity contribution in [3.8, 4) is 5.75 Å². The van der Waals surface area contributed by atoms with E-state index in [-0.39, 0.29) is 22.3 Å². The minimum atomic E-state index is -0.998. The van der Waals surface area contributed by atoms with Gasteiger partial charge < -0.3 is 9.84 Å². The number of hydrogen-bond donors (Lipinski definition) is 1. The number of anilines is 1. The molecule has 0 aliphatic carbocycles. The number of hydrogen-bond acceptors (Lipinski definition) is 9. The van der Waals surface area contributed by atoms with Gasteiger partial charge in [-0.1, -0.05) is 60.4 Å². The number of imidazole rings is 1. The Bertz CT molecular complexity index is 1870. The van der Waals surface area contributed by atoms with Gasteiger partial charge in [0.1, 0.15) is 22.9 Å². The van der Waals surface area contributed by atoms with Crippen molar-refractivity contribution >= 4 is 51.3 Å². The minimum absolute atomic E-state index is 0.0814. The van der Waals surface area contributed by atoms with E-state index in [0.717, 1.165) is 23.3 Å². The zero-order valence-electron chi connectivity index (χ0n) is 23.2. The second-order valence-electron chi connectivity index (χ2n) is 9.83. The number of amides is 1. The number of halogens is 1. The fourth-order valence-electron chi connectivity index (χ4n) is 4.95. The number of carbonyl (C=O) groups is 2. The Kier molecular flexibility index (Phi) is 7.96. The van der Waals surface area contributed by atoms with Crippen LogP contribution in [0, 0.1) is 12.7 Å². The Hall–Kier alpha value is -4.55. The monoisotopic (exact) mass is 615 g/mol. The van der Waals surface area contributed by atoms with E-state index in [0.29, 0.717) is 45.0 Å². The van der Waals surface area contributed by atoms with Crippen molar-refractivity contribution < 1.29 is 23.8 Å². The molecule has 218 valence electrons. The number of pyridine rings is 1. The number of aliphatic hydroxyl groups excluding tert-OH is 1. The molecule has 1 aliphatic rings. The van der Waals surface area contributed by atoms with Crippen LogP contribution in [0.3, 0.4) is 0 Å². The third kappa shape index (κ3) is 5.51. The van der Waals surface area contributed by atoms with Crippen LogP contribution in [-0.2, 0) is 15.3 Å². The first-order valence-corrected chi connectivity index (χ1v) is 15.3. The lowest BCUT2D eigenvalue weighted by atomic mass is 9.96. The number of thioether (sulfide) groups is 1. The average molecular weight is 616 g/mol. The van der Waals surface area contributed by atoms with Crippen molar-refractivity contribution in [2.45, 2.75) is 36.4 Å². The van der Waals surface area contributed by atoms with Crippen LogP contribution in [0.25, 0.3) is 11.4 Å². The third-order valence-electron chi connectivity index (χ3n) is 6.90. The van der Waals surface area contributed by atoms with Crippen LogP contribution < -0.4 is 9.64 Å². The first-order chi connectivity index (χ1) is 20.9. The molecule has 1 amide bonds. The standard InChI is InChI=1S/C31H26FN5O4S2/c1-3-15-41-22-8-6-7-20(16-22)26-24(27(38)25-18(2)33-23-9-4-5-14-36(23)25)28(39)29(40)37(26)30-34-35-31(43-30)42-17-19-10-12-21(32)13-11-19/h4-14,16,26,38H,3,15,17H2,1-2H3/b27-24+. The molecule has 0 bridgehead atoms. The van der Waals surface area contributed by atoms with Gasteiger partial charge in [0.15, 0.2) is 10.1 Å². The molecule has 1 saturated heterocycles. The molecule has 1 atom stereocenters. The number of nitrogens with zero attached hydrogens (tertiary/aromatic N) is 5. The fourth-order valence-corrected chi connectivity index (χ4v) is 6.77. The maximum atomic E-state index is 13.7. The van der Waals surface area contributed by atoms with Gasteiger partial charge in [-0.3, -0.25) is 18.9 Å². The van der Waals surface area contributed by atoms with E-state index >= 15 is 0 Å². The smallest absolute Gasteiger partial charge is 0.301 e. The Morgan fingerprint density at radius 1 is 1.09 bits per heavy atom. The van der Waals surface area contributed by atoms with E-state index in [1.54, 1.807) is 66.1 Å². The summed E-state index contributed by atoms with van der Waals surface area (Å²) in [6.07, 6.45) is 2.55. The van der Waals surface area contributed by atoms with E-state index < -0.39 is 17.7 Å². The van der Waals surface area contributed by atoms with Crippen LogP contribution in [0.1, 0.15) is 41.9 Å². The van der Waals surface area contributed by atoms with Gasteiger partial charge in [0, 0.05) is 11.9 Å². The number of fused-ring (bicyclic) bond motifs is 1. The number of aromatic nitrogens is 4. The van der Waals surface area contributed by atoms with Gasteiger partial charge in [-0.15, -0.1) is 10.2 Å². The second kappa shape index (κ2) is 12.0. The van der Waals surface area contributed by atoms with Crippen LogP contribution in [-0.4, -0.2) is 43.0 Å². The summed E-state index contributed by atoms with van der Waals surface area (Å²) in [4.78, 5) is 33.2. The molecule has 3 aromatic heterocycles. The number of ether oxygens (including phenoxy) is 1. The molecule has 0 spiro atoms. The van der Waals surface area contributed by atoms with Gasteiger partial charge in [0.25, 0.3) is 5.78 Å². The van der Waals surface area contributed by atoms with Gasteiger partial charge in [0.2, 0.25) is 5.13 Å². The number of ketones is 1. The van der Waals surface area contributed by atoms with E-state index in [2.05, 4.69) is 15.2 Å². The molecule has 0 saturated carbocycles. The molecule has 12 heteroatoms. The van der Waals surface area contributed by atoms with Crippen LogP contribution in [0.4, 0.5) is 9.52 Å². The zero-order valence-corrected chi connectivity index (χ0v) is 24.9. The summed E-state index contributed by atoms with van der Waals surface area (Å²) in [6, 6.07) is 17.7. The van der Waals surface area contributed by atoms with E-state index in [4.69, 9.17) is 4.74 Å². The largest absolute Gasteiger partial charge is 0.505 e. The predicted octanol–water partition coefficient (Wildman–Crippen LogP) is 6.34. The Morgan fingerprint density at radius 2 is 1.91 bits per heavy atom. The Balaban J connectivity index is 1.44. The Labute approximate surface area is 254 Å². The van der Waals surface area contributed by atoms with Crippen molar-refractivity contribution in [3.63, 3.8) is 0 Å². The van der Waals surface area contributed by atoms with Crippen molar-refractivity contribution in [3.05, 3.63) is 107 Å². The van der Waals surface area contributed by atoms with Crippen LogP contribution in [0.2, 0.25) is 0 Å². The van der Waals surface area contributed by atoms with Crippen LogP contribution in [0.15, 0.2) is 82.8 Å². The molecule has 2 aromatic carbocycles. The summed E-state index contributed by atoms with van der Waals surface area (Å²) >= 11 is 2.54. The second-order valence-corrected chi connectivity index (χ2v) is 12.0. The molecule has 1 fully saturated rings. The highest BCUT2D eigenvalue weighted by molar-refractivity contribution is 8.00. The van der Waals surface area contributed by atoms with Crippen molar-refractivity contribution in [2.24, 2.45) is 0 Å². The molecular weight excluding hydrogens is 590 g/mol. The molecule has 1 aliphatic heterocycles. The molecule has 1 unspecified atom stereocenters. The van der Waals surface area contributed by atoms with Crippen molar-refractivity contribution in [2.75, 3.05) is 11.5 Å². The summed E-state index contributed by atoms with van der Waals surface area (Å²) in [5, 5.41) is 20.5. The average Bonchev–Trinajstić information content (AvgIpc) is 3.69. The molecular formula is C31H26FN5O4S2. The number of carbonyl (C=O) groups excluding carboxylic acids is 2. The van der Waals surface area contributed by atoms with Gasteiger partial charge in [-0.25, -0.2) is 9.37 Å². The summed E-state index contributed by atoms with van der Waals surface area (Å²) < 4.78 is 21.4. The van der Waals surface area contributed by atoms with E-state index in [9.17, 15) is 19.1 Å². The number of Topliss-reactive ketones (excluding diaryl/α,β-unsaturated/α-hetero) is 1. The highest BCUT2D eigenvalue weighted by Gasteiger charge is 2.49. The summed E-state index contributed by atoms with van der Waals surface area (Å²) in [5.41, 5.74) is 2.80. The predicted molar refractivity (Wildman–Crippen MR) is 163 cm³/mol. The molecule has 43 heavy (non-hydrogen) atoms. The lowest BCUT2D eigenvalue weighted by Gasteiger charge is -2.23. The molecule has 5 aromatic rings. The highest BCUT2D eigenvalue weighted by Crippen LogP contribution is 2.45. The highest BCUT2D eigenvalue weighted by atomic mass is 32.2. The van der Waals surface area contributed by atoms with E-state index in [1.165, 1.54) is 28.8 Å². The van der Waals surface area contributed by atoms with Crippen LogP contribution >= 0.6 is 23.1 Å². The lowest BCUT2D eigenvalue weighted by Crippen LogP contribution is -2.29. The maximum Gasteiger partial charge on any atom is 0.301 e. The number of aliphatic hydroxyl groups is 1. The van der Waals surface area contributed by atoms with Gasteiger partial charge >= 0.3 is 5.91 Å². The minimum Gasteiger partial charge on any atom is -0.505 e. The summed E-state index contributed by atoms with van der Waals surface area (Å²) in [7, 11) is 0. The maximum absolute atomic E-state index is 13.7. The quantitative estimate of drug-likeness (QED) is 0.0673. The topological polar surface area (TPSA) is 110 Å². The molecule has 4 heterocycles. The number of benzene rings is 2. The first-order valence-electron chi connectivity index (χ1n) is 13.5. The van der Waals surface area contributed by atoms with Gasteiger partial charge in [-0.05, 0) is 60.9 Å². The molecule has 1 N–H and O–H groups in total. The van der Waals surface area contributed by atoms with Crippen molar-refractivity contribution in [1.82, 2.24) is 19.6 Å². The number of aryl methyl sites for hydroxylation is 1. The summed E-state index contributed by atoms with van der Waals surface area (Å²) in [5.74, 6) is -1.24. The molecule has 6 rings (SSSR count). The summed E-state index contributed by atoms with van der Waals surface area (Å²) in [6.45, 7) is 4.23. The SMILES string of the molecule is CCCOc1cccc(C2/C(=C(\O)c3c(C)nc4ccccn34)C(=O)C(=O)N2c2nnc(SCc3ccc(F)cc3)s2)c1. The normalized spacial score (nSPS) is 16.3. The van der Waals surface area contributed by atoms with Gasteiger partial charge in [0.05, 0.1) is 23.9 Å². The van der Waals surface area contributed by atoms with Crippen molar-refractivity contribution in [1.29, 1.82) is 0 Å². The first kappa shape index (κ1) is 28.6.